The van der Waals surface area contributed by atoms with Gasteiger partial charge in [0.2, 0.25) is 11.6 Å². The number of ether oxygens (including phenoxy) is 1. The highest BCUT2D eigenvalue weighted by Gasteiger charge is 2.21. The van der Waals surface area contributed by atoms with Gasteiger partial charge < -0.3 is 4.74 Å². The van der Waals surface area contributed by atoms with Crippen molar-refractivity contribution in [3.63, 3.8) is 0 Å². The quantitative estimate of drug-likeness (QED) is 0.571. The number of nitrogens with one attached hydrogen (secondary N) is 1. The second kappa shape index (κ2) is 9.28. The molecule has 1 saturated carbocycles. The van der Waals surface area contributed by atoms with Crippen molar-refractivity contribution >= 4 is 34.8 Å². The smallest absolute Gasteiger partial charge is 0.349 e. The first-order valence-electron chi connectivity index (χ1n) is 9.71. The summed E-state index contributed by atoms with van der Waals surface area (Å²) in [4.78, 5) is 25.7. The van der Waals surface area contributed by atoms with Crippen molar-refractivity contribution in [2.75, 3.05) is 0 Å². The summed E-state index contributed by atoms with van der Waals surface area (Å²) in [5.41, 5.74) is -1.22. The number of aromatic nitrogens is 5. The summed E-state index contributed by atoms with van der Waals surface area (Å²) in [6.07, 6.45) is 5.50. The number of hydrogen-bond acceptors (Lipinski definition) is 7. The molecule has 0 amide bonds. The number of hydrogen-bond donors (Lipinski definition) is 1. The molecule has 1 N–H and O–H groups in total. The lowest BCUT2D eigenvalue weighted by Gasteiger charge is -2.22. The van der Waals surface area contributed by atoms with Crippen LogP contribution in [0.15, 0.2) is 27.8 Å². The van der Waals surface area contributed by atoms with Gasteiger partial charge in [-0.15, -0.1) is 15.3 Å². The fraction of sp³-hybridized carbons (Fsp3) is 0.300. The molecule has 1 fully saturated rings. The second-order valence-corrected chi connectivity index (χ2v) is 8.41. The third-order valence-electron chi connectivity index (χ3n) is 5.17. The van der Waals surface area contributed by atoms with Crippen molar-refractivity contribution in [2.45, 2.75) is 38.0 Å². The van der Waals surface area contributed by atoms with E-state index in [1.54, 1.807) is 12.1 Å². The van der Waals surface area contributed by atoms with Gasteiger partial charge in [0.05, 0.1) is 15.7 Å². The minimum absolute atomic E-state index is 0.0573. The summed E-state index contributed by atoms with van der Waals surface area (Å²) in [5, 5.41) is 21.2. The number of rotatable bonds is 4. The van der Waals surface area contributed by atoms with Gasteiger partial charge in [0, 0.05) is 6.07 Å². The molecule has 164 valence electrons. The summed E-state index contributed by atoms with van der Waals surface area (Å²) in [5.74, 6) is 0.564. The van der Waals surface area contributed by atoms with Crippen molar-refractivity contribution < 1.29 is 4.74 Å². The Morgan fingerprint density at radius 2 is 1.75 bits per heavy atom. The molecular weight excluding hydrogens is 479 g/mol. The molecule has 2 heterocycles. The van der Waals surface area contributed by atoms with Crippen LogP contribution in [-0.2, 0) is 0 Å². The first kappa shape index (κ1) is 22.3. The molecule has 1 aromatic carbocycles. The molecule has 2 aromatic heterocycles. The van der Waals surface area contributed by atoms with Crippen LogP contribution in [0.3, 0.4) is 0 Å². The van der Waals surface area contributed by atoms with E-state index in [-0.39, 0.29) is 33.3 Å². The van der Waals surface area contributed by atoms with E-state index in [4.69, 9.17) is 44.8 Å². The van der Waals surface area contributed by atoms with Gasteiger partial charge >= 0.3 is 5.69 Å². The summed E-state index contributed by atoms with van der Waals surface area (Å²) in [6.45, 7) is 0. The average Bonchev–Trinajstić information content (AvgIpc) is 2.78. The largest absolute Gasteiger partial charge is 0.434 e. The predicted octanol–water partition coefficient (Wildman–Crippen LogP) is 4.38. The van der Waals surface area contributed by atoms with Crippen molar-refractivity contribution in [3.8, 4) is 23.4 Å². The molecule has 0 unspecified atom stereocenters. The third kappa shape index (κ3) is 4.48. The Morgan fingerprint density at radius 3 is 2.41 bits per heavy atom. The van der Waals surface area contributed by atoms with Gasteiger partial charge in [-0.25, -0.2) is 4.79 Å². The number of nitrogens with zero attached hydrogens (tertiary/aromatic N) is 5. The van der Waals surface area contributed by atoms with E-state index in [2.05, 4.69) is 15.3 Å². The molecule has 1 aliphatic carbocycles. The summed E-state index contributed by atoms with van der Waals surface area (Å²) in [7, 11) is 0. The van der Waals surface area contributed by atoms with Gasteiger partial charge in [-0.2, -0.15) is 9.94 Å². The zero-order valence-electron chi connectivity index (χ0n) is 16.4. The molecule has 1 aliphatic rings. The van der Waals surface area contributed by atoms with Crippen LogP contribution in [-0.4, -0.2) is 25.0 Å². The van der Waals surface area contributed by atoms with Gasteiger partial charge in [0.15, 0.2) is 10.9 Å². The maximum absolute atomic E-state index is 12.1. The number of nitriles is 1. The standard InChI is InChI=1S/C20H15Cl3N6O3/c21-13-6-11(29-20(31)25-19(30)15(9-24)28-29)7-14(22)17(13)32-16-8-12(18(23)27-26-16)10-4-2-1-3-5-10/h6-8,10H,1-5H2,(H,25,30,31). The van der Waals surface area contributed by atoms with E-state index in [0.29, 0.717) is 5.15 Å². The summed E-state index contributed by atoms with van der Waals surface area (Å²) < 4.78 is 6.61. The fourth-order valence-corrected chi connectivity index (χ4v) is 4.44. The number of benzene rings is 1. The lowest BCUT2D eigenvalue weighted by Crippen LogP contribution is -2.33. The van der Waals surface area contributed by atoms with E-state index in [1.165, 1.54) is 18.6 Å². The second-order valence-electron chi connectivity index (χ2n) is 7.24. The molecule has 0 atom stereocenters. The van der Waals surface area contributed by atoms with Crippen LogP contribution in [0.2, 0.25) is 15.2 Å². The Hall–Kier alpha value is -2.93. The van der Waals surface area contributed by atoms with Gasteiger partial charge in [0.25, 0.3) is 5.56 Å². The van der Waals surface area contributed by atoms with Crippen molar-refractivity contribution in [1.29, 1.82) is 5.26 Å². The SMILES string of the molecule is N#Cc1nn(-c2cc(Cl)c(Oc3cc(C4CCCCC4)c(Cl)nn3)c(Cl)c2)c(=O)[nH]c1=O. The van der Waals surface area contributed by atoms with E-state index in [1.807, 2.05) is 4.98 Å². The monoisotopic (exact) mass is 492 g/mol. The van der Waals surface area contributed by atoms with Crippen LogP contribution < -0.4 is 16.0 Å². The molecule has 0 radical (unpaired) electrons. The molecular formula is C20H15Cl3N6O3. The topological polar surface area (TPSA) is 127 Å². The van der Waals surface area contributed by atoms with E-state index in [9.17, 15) is 9.59 Å². The first-order chi connectivity index (χ1) is 15.4. The fourth-order valence-electron chi connectivity index (χ4n) is 3.64. The highest BCUT2D eigenvalue weighted by molar-refractivity contribution is 6.37. The molecule has 9 nitrogen and oxygen atoms in total. The van der Waals surface area contributed by atoms with Crippen molar-refractivity contribution in [3.05, 3.63) is 65.5 Å². The van der Waals surface area contributed by atoms with Crippen LogP contribution in [0.1, 0.15) is 49.3 Å². The van der Waals surface area contributed by atoms with Crippen LogP contribution in [0.4, 0.5) is 0 Å². The van der Waals surface area contributed by atoms with Crippen LogP contribution >= 0.6 is 34.8 Å². The predicted molar refractivity (Wildman–Crippen MR) is 118 cm³/mol. The molecule has 32 heavy (non-hydrogen) atoms. The Morgan fingerprint density at radius 1 is 1.06 bits per heavy atom. The maximum atomic E-state index is 12.1. The Labute approximate surface area is 196 Å². The van der Waals surface area contributed by atoms with Crippen molar-refractivity contribution in [2.24, 2.45) is 0 Å². The number of H-pyrrole nitrogens is 1. The normalized spacial score (nSPS) is 14.2. The van der Waals surface area contributed by atoms with Crippen LogP contribution in [0.25, 0.3) is 5.69 Å². The lowest BCUT2D eigenvalue weighted by atomic mass is 9.85. The maximum Gasteiger partial charge on any atom is 0.349 e. The van der Waals surface area contributed by atoms with Gasteiger partial charge in [-0.1, -0.05) is 54.1 Å². The zero-order valence-corrected chi connectivity index (χ0v) is 18.7. The lowest BCUT2D eigenvalue weighted by molar-refractivity contribution is 0.430. The van der Waals surface area contributed by atoms with E-state index < -0.39 is 16.9 Å². The molecule has 3 aromatic rings. The third-order valence-corrected chi connectivity index (χ3v) is 6.02. The number of halogens is 3. The summed E-state index contributed by atoms with van der Waals surface area (Å²) in [6, 6.07) is 6.07. The molecule has 0 spiro atoms. The molecule has 0 saturated heterocycles. The molecule has 4 rings (SSSR count). The summed E-state index contributed by atoms with van der Waals surface area (Å²) >= 11 is 19.0. The first-order valence-corrected chi connectivity index (χ1v) is 10.8. The minimum atomic E-state index is -0.888. The van der Waals surface area contributed by atoms with Gasteiger partial charge in [-0.05, 0) is 36.5 Å². The molecule has 0 bridgehead atoms. The van der Waals surface area contributed by atoms with E-state index in [0.717, 1.165) is 35.9 Å². The van der Waals surface area contributed by atoms with Crippen molar-refractivity contribution in [1.82, 2.24) is 25.0 Å². The van der Waals surface area contributed by atoms with E-state index >= 15 is 0 Å². The highest BCUT2D eigenvalue weighted by atomic mass is 35.5. The number of aromatic amines is 1. The van der Waals surface area contributed by atoms with Crippen LogP contribution in [0, 0.1) is 11.3 Å². The highest BCUT2D eigenvalue weighted by Crippen LogP contribution is 2.40. The Bertz CT molecular complexity index is 1320. The van der Waals surface area contributed by atoms with Crippen LogP contribution in [0.5, 0.6) is 11.6 Å². The minimum Gasteiger partial charge on any atom is -0.434 e. The zero-order chi connectivity index (χ0) is 22.8. The average molecular weight is 494 g/mol. The molecule has 0 aliphatic heterocycles. The van der Waals surface area contributed by atoms with Gasteiger partial charge in [-0.3, -0.25) is 9.78 Å². The Balaban J connectivity index is 1.68. The molecule has 12 heteroatoms. The Kier molecular flexibility index (Phi) is 6.46. The van der Waals surface area contributed by atoms with Gasteiger partial charge in [0.1, 0.15) is 6.07 Å².